The fraction of sp³-hybridized carbons (Fsp3) is 0.733. The van der Waals surface area contributed by atoms with Crippen LogP contribution in [0.1, 0.15) is 54.2 Å². The van der Waals surface area contributed by atoms with Crippen LogP contribution in [0, 0.1) is 13.8 Å². The molecular weight excluding hydrogens is 270 g/mol. The van der Waals surface area contributed by atoms with Crippen molar-refractivity contribution in [2.75, 3.05) is 19.6 Å². The second-order valence-electron chi connectivity index (χ2n) is 5.58. The van der Waals surface area contributed by atoms with Gasteiger partial charge in [0.05, 0.1) is 17.2 Å². The molecule has 1 N–H and O–H groups in total. The van der Waals surface area contributed by atoms with Gasteiger partial charge in [-0.15, -0.1) is 11.3 Å². The number of nitrogens with zero attached hydrogens (tertiary/aromatic N) is 2. The monoisotopic (exact) mass is 295 g/mol. The van der Waals surface area contributed by atoms with Gasteiger partial charge in [-0.1, -0.05) is 12.8 Å². The maximum absolute atomic E-state index is 12.2. The maximum Gasteiger partial charge on any atom is 0.236 e. The molecule has 2 heterocycles. The van der Waals surface area contributed by atoms with Gasteiger partial charge in [0.25, 0.3) is 0 Å². The average molecular weight is 295 g/mol. The zero-order valence-corrected chi connectivity index (χ0v) is 13.6. The van der Waals surface area contributed by atoms with Crippen LogP contribution in [0.2, 0.25) is 0 Å². The fourth-order valence-electron chi connectivity index (χ4n) is 2.71. The van der Waals surface area contributed by atoms with E-state index in [9.17, 15) is 4.79 Å². The van der Waals surface area contributed by atoms with E-state index >= 15 is 0 Å². The van der Waals surface area contributed by atoms with E-state index in [1.54, 1.807) is 11.3 Å². The number of carbonyl (C=O) groups is 1. The Morgan fingerprint density at radius 1 is 1.30 bits per heavy atom. The Labute approximate surface area is 125 Å². The summed E-state index contributed by atoms with van der Waals surface area (Å²) in [6, 6.07) is 0.192. The van der Waals surface area contributed by atoms with Crippen LogP contribution in [0.4, 0.5) is 0 Å². The molecule has 1 unspecified atom stereocenters. The first-order valence-corrected chi connectivity index (χ1v) is 8.34. The first kappa shape index (κ1) is 15.4. The summed E-state index contributed by atoms with van der Waals surface area (Å²) in [7, 11) is 0. The number of hydrogen-bond donors (Lipinski definition) is 1. The first-order chi connectivity index (χ1) is 9.58. The number of carbonyl (C=O) groups excluding carboxylic acids is 1. The molecule has 1 aromatic rings. The molecule has 0 aromatic carbocycles. The zero-order chi connectivity index (χ0) is 14.5. The van der Waals surface area contributed by atoms with Gasteiger partial charge in [0.15, 0.2) is 0 Å². The molecule has 0 aliphatic carbocycles. The van der Waals surface area contributed by atoms with E-state index in [2.05, 4.69) is 17.2 Å². The maximum atomic E-state index is 12.2. The van der Waals surface area contributed by atoms with Gasteiger partial charge in [-0.25, -0.2) is 4.98 Å². The summed E-state index contributed by atoms with van der Waals surface area (Å²) >= 11 is 1.71. The number of hydrogen-bond acceptors (Lipinski definition) is 4. The summed E-state index contributed by atoms with van der Waals surface area (Å²) in [5.41, 5.74) is 1.08. The largest absolute Gasteiger partial charge is 0.342 e. The number of aryl methyl sites for hydroxylation is 2. The molecule has 2 rings (SSSR count). The van der Waals surface area contributed by atoms with Crippen molar-refractivity contribution in [3.8, 4) is 0 Å². The molecule has 4 nitrogen and oxygen atoms in total. The number of thiazole rings is 1. The average Bonchev–Trinajstić information content (AvgIpc) is 2.65. The Morgan fingerprint density at radius 2 is 1.95 bits per heavy atom. The van der Waals surface area contributed by atoms with Crippen molar-refractivity contribution in [3.05, 3.63) is 15.6 Å². The normalized spacial score (nSPS) is 17.9. The molecule has 1 fully saturated rings. The first-order valence-electron chi connectivity index (χ1n) is 7.53. The zero-order valence-electron chi connectivity index (χ0n) is 12.7. The predicted molar refractivity (Wildman–Crippen MR) is 83.1 cm³/mol. The lowest BCUT2D eigenvalue weighted by atomic mass is 10.2. The van der Waals surface area contributed by atoms with Crippen LogP contribution in [-0.2, 0) is 4.79 Å². The lowest BCUT2D eigenvalue weighted by Gasteiger charge is -2.21. The van der Waals surface area contributed by atoms with Crippen LogP contribution < -0.4 is 5.32 Å². The standard InChI is InChI=1S/C15H25N3OS/c1-11(15-12(2)17-13(3)20-15)16-10-14(19)18-8-6-4-5-7-9-18/h11,16H,4-10H2,1-3H3. The van der Waals surface area contributed by atoms with Gasteiger partial charge >= 0.3 is 0 Å². The van der Waals surface area contributed by atoms with Crippen LogP contribution in [0.15, 0.2) is 0 Å². The Hall–Kier alpha value is -0.940. The summed E-state index contributed by atoms with van der Waals surface area (Å²) < 4.78 is 0. The van der Waals surface area contributed by atoms with Crippen LogP contribution >= 0.6 is 11.3 Å². The van der Waals surface area contributed by atoms with Crippen LogP contribution in [0.3, 0.4) is 0 Å². The van der Waals surface area contributed by atoms with E-state index in [0.29, 0.717) is 6.54 Å². The van der Waals surface area contributed by atoms with Crippen LogP contribution in [0.25, 0.3) is 0 Å². The number of rotatable bonds is 4. The van der Waals surface area contributed by atoms with Gasteiger partial charge in [0.2, 0.25) is 5.91 Å². The molecule has 112 valence electrons. The number of amides is 1. The van der Waals surface area contributed by atoms with Gasteiger partial charge in [-0.3, -0.25) is 4.79 Å². The summed E-state index contributed by atoms with van der Waals surface area (Å²) in [6.45, 7) is 8.44. The lowest BCUT2D eigenvalue weighted by molar-refractivity contribution is -0.130. The van der Waals surface area contributed by atoms with Gasteiger partial charge in [0.1, 0.15) is 0 Å². The predicted octanol–water partition coefficient (Wildman–Crippen LogP) is 2.81. The van der Waals surface area contributed by atoms with E-state index < -0.39 is 0 Å². The van der Waals surface area contributed by atoms with Gasteiger partial charge in [-0.05, 0) is 33.6 Å². The highest BCUT2D eigenvalue weighted by Gasteiger charge is 2.18. The van der Waals surface area contributed by atoms with E-state index in [1.165, 1.54) is 17.7 Å². The molecule has 0 radical (unpaired) electrons. The number of nitrogens with one attached hydrogen (secondary N) is 1. The Bertz CT molecular complexity index is 450. The van der Waals surface area contributed by atoms with Gasteiger partial charge in [0, 0.05) is 24.0 Å². The molecule has 1 saturated heterocycles. The molecule has 0 bridgehead atoms. The van der Waals surface area contributed by atoms with E-state index in [0.717, 1.165) is 36.6 Å². The van der Waals surface area contributed by atoms with Crippen molar-refractivity contribution in [2.24, 2.45) is 0 Å². The van der Waals surface area contributed by atoms with Crippen molar-refractivity contribution in [2.45, 2.75) is 52.5 Å². The summed E-state index contributed by atoms with van der Waals surface area (Å²) in [5.74, 6) is 0.234. The molecule has 20 heavy (non-hydrogen) atoms. The van der Waals surface area contributed by atoms with E-state index in [4.69, 9.17) is 0 Å². The second kappa shape index (κ2) is 7.18. The minimum Gasteiger partial charge on any atom is -0.342 e. The van der Waals surface area contributed by atoms with E-state index in [1.807, 2.05) is 18.7 Å². The van der Waals surface area contributed by atoms with Gasteiger partial charge < -0.3 is 10.2 Å². The quantitative estimate of drug-likeness (QED) is 0.929. The fourth-order valence-corrected chi connectivity index (χ4v) is 3.67. The summed E-state index contributed by atoms with van der Waals surface area (Å²) in [5, 5.41) is 4.44. The van der Waals surface area contributed by atoms with Gasteiger partial charge in [-0.2, -0.15) is 0 Å². The van der Waals surface area contributed by atoms with Crippen molar-refractivity contribution < 1.29 is 4.79 Å². The molecule has 1 atom stereocenters. The van der Waals surface area contributed by atoms with Crippen LogP contribution in [0.5, 0.6) is 0 Å². The van der Waals surface area contributed by atoms with E-state index in [-0.39, 0.29) is 11.9 Å². The summed E-state index contributed by atoms with van der Waals surface area (Å²) in [4.78, 5) is 19.9. The topological polar surface area (TPSA) is 45.2 Å². The highest BCUT2D eigenvalue weighted by Crippen LogP contribution is 2.24. The SMILES string of the molecule is Cc1nc(C)c(C(C)NCC(=O)N2CCCCCC2)s1. The van der Waals surface area contributed by atoms with Crippen molar-refractivity contribution in [1.29, 1.82) is 0 Å². The number of likely N-dealkylation sites (tertiary alicyclic amines) is 1. The third-order valence-electron chi connectivity index (χ3n) is 3.85. The number of aromatic nitrogens is 1. The molecule has 0 saturated carbocycles. The Morgan fingerprint density at radius 3 is 2.50 bits per heavy atom. The van der Waals surface area contributed by atoms with Crippen LogP contribution in [-0.4, -0.2) is 35.4 Å². The summed E-state index contributed by atoms with van der Waals surface area (Å²) in [6.07, 6.45) is 4.81. The third kappa shape index (κ3) is 4.03. The Balaban J connectivity index is 1.84. The minimum absolute atomic E-state index is 0.192. The van der Waals surface area contributed by atoms with Crippen molar-refractivity contribution >= 4 is 17.2 Å². The molecule has 1 aliphatic heterocycles. The second-order valence-corrected chi connectivity index (χ2v) is 6.81. The highest BCUT2D eigenvalue weighted by molar-refractivity contribution is 7.11. The molecule has 5 heteroatoms. The van der Waals surface area contributed by atoms with Crippen molar-refractivity contribution in [3.63, 3.8) is 0 Å². The molecule has 1 aliphatic rings. The molecule has 1 amide bonds. The molecule has 0 spiro atoms. The van der Waals surface area contributed by atoms with Crippen molar-refractivity contribution in [1.82, 2.24) is 15.2 Å². The third-order valence-corrected chi connectivity index (χ3v) is 5.11. The molecule has 1 aromatic heterocycles. The minimum atomic E-state index is 0.192. The Kier molecular flexibility index (Phi) is 5.54. The lowest BCUT2D eigenvalue weighted by Crippen LogP contribution is -2.39. The molecular formula is C15H25N3OS. The highest BCUT2D eigenvalue weighted by atomic mass is 32.1. The smallest absolute Gasteiger partial charge is 0.236 e.